The van der Waals surface area contributed by atoms with Gasteiger partial charge in [0.15, 0.2) is 12.2 Å². The van der Waals surface area contributed by atoms with E-state index in [1.807, 2.05) is 0 Å². The Labute approximate surface area is 624 Å². The molecule has 0 spiro atoms. The molecule has 0 bridgehead atoms. The first-order valence-corrected chi connectivity index (χ1v) is 45.2. The molecule has 17 nitrogen and oxygen atoms in total. The molecule has 0 amide bonds. The Morgan fingerprint density at radius 2 is 0.578 bits per heavy atom. The SMILES string of the molecule is CCCCCC/C=C\C=C/CCCCCCCC(=O)O[C@H](COC(=O)CCCCCCCCCC(C)C)COP(=O)(O)OCC(O)COP(=O)(O)OC[C@@H](COC(=O)CCCCCCCCCCCCCCC(C)C)OC(=O)CCCCCCCCCCCCCCCCCCCCC(C)CC. The van der Waals surface area contributed by atoms with E-state index in [4.69, 9.17) is 37.0 Å². The van der Waals surface area contributed by atoms with Crippen LogP contribution in [0.15, 0.2) is 24.3 Å². The fourth-order valence-electron chi connectivity index (χ4n) is 12.3. The third kappa shape index (κ3) is 74.4. The van der Waals surface area contributed by atoms with Gasteiger partial charge in [0.25, 0.3) is 0 Å². The summed E-state index contributed by atoms with van der Waals surface area (Å²) in [4.78, 5) is 73.0. The van der Waals surface area contributed by atoms with Gasteiger partial charge in [-0.3, -0.25) is 37.3 Å². The molecule has 0 aromatic rings. The smallest absolute Gasteiger partial charge is 0.462 e. The molecule has 102 heavy (non-hydrogen) atoms. The van der Waals surface area contributed by atoms with Gasteiger partial charge >= 0.3 is 39.5 Å². The Morgan fingerprint density at radius 3 is 0.873 bits per heavy atom. The highest BCUT2D eigenvalue weighted by Crippen LogP contribution is 2.45. The molecular formula is C83H158O17P2. The minimum absolute atomic E-state index is 0.0842. The average molecular weight is 1490 g/mol. The van der Waals surface area contributed by atoms with Crippen LogP contribution in [0.5, 0.6) is 0 Å². The summed E-state index contributed by atoms with van der Waals surface area (Å²) in [6.45, 7) is 11.9. The largest absolute Gasteiger partial charge is 0.472 e. The van der Waals surface area contributed by atoms with Crippen LogP contribution in [0.4, 0.5) is 0 Å². The molecule has 0 aliphatic carbocycles. The molecule has 0 aromatic heterocycles. The molecule has 0 radical (unpaired) electrons. The summed E-state index contributed by atoms with van der Waals surface area (Å²) in [6.07, 6.45) is 64.7. The zero-order chi connectivity index (χ0) is 75.1. The summed E-state index contributed by atoms with van der Waals surface area (Å²) in [5, 5.41) is 10.6. The molecule has 0 heterocycles. The predicted octanol–water partition coefficient (Wildman–Crippen LogP) is 24.5. The predicted molar refractivity (Wildman–Crippen MR) is 418 cm³/mol. The van der Waals surface area contributed by atoms with Gasteiger partial charge in [-0.05, 0) is 69.1 Å². The Kier molecular flexibility index (Phi) is 71.0. The third-order valence-electron chi connectivity index (χ3n) is 19.1. The molecule has 0 aliphatic rings. The number of ether oxygens (including phenoxy) is 4. The zero-order valence-electron chi connectivity index (χ0n) is 66.6. The second-order valence-electron chi connectivity index (χ2n) is 30.4. The van der Waals surface area contributed by atoms with Gasteiger partial charge in [-0.1, -0.05) is 355 Å². The van der Waals surface area contributed by atoms with Crippen LogP contribution in [-0.4, -0.2) is 96.7 Å². The van der Waals surface area contributed by atoms with E-state index in [9.17, 15) is 43.2 Å². The van der Waals surface area contributed by atoms with Crippen LogP contribution in [0.1, 0.15) is 408 Å². The first-order valence-electron chi connectivity index (χ1n) is 42.2. The van der Waals surface area contributed by atoms with E-state index in [0.29, 0.717) is 31.6 Å². The lowest BCUT2D eigenvalue weighted by molar-refractivity contribution is -0.161. The summed E-state index contributed by atoms with van der Waals surface area (Å²) in [5.74, 6) is 0.211. The van der Waals surface area contributed by atoms with Gasteiger partial charge in [0.1, 0.15) is 19.3 Å². The van der Waals surface area contributed by atoms with Crippen molar-refractivity contribution in [1.82, 2.24) is 0 Å². The maximum Gasteiger partial charge on any atom is 0.472 e. The quantitative estimate of drug-likeness (QED) is 0.0169. The number of carbonyl (C=O) groups is 4. The van der Waals surface area contributed by atoms with Crippen molar-refractivity contribution >= 4 is 39.5 Å². The standard InChI is InChI=1S/C83H158O17P2/c1-8-10-11-12-13-14-15-16-21-25-32-37-44-52-59-66-83(88)100-79(71-94-81(86)65-58-51-46-39-41-48-55-62-75(5)6)73-98-102(91,92)96-69-77(84)68-95-101(89,90)97-72-78(70-93-80(85)64-57-50-43-36-31-28-27-29-34-40-47-54-61-74(3)4)99-82(87)67-60-53-45-38-33-26-23-20-18-17-19-22-24-30-35-42-49-56-63-76(7)9-2/h14-16,21,74-79,84H,8-13,17-20,22-73H2,1-7H3,(H,89,90)(H,91,92)/b15-14-,21-16-/t76?,77?,78-,79-/m1/s1. The fraction of sp³-hybridized carbons (Fsp3) is 0.904. The van der Waals surface area contributed by atoms with Crippen LogP contribution >= 0.6 is 15.6 Å². The highest BCUT2D eigenvalue weighted by Gasteiger charge is 2.30. The van der Waals surface area contributed by atoms with Crippen molar-refractivity contribution in [1.29, 1.82) is 0 Å². The number of allylic oxidation sites excluding steroid dienone is 4. The fourth-order valence-corrected chi connectivity index (χ4v) is 13.8. The molecule has 0 aromatic carbocycles. The van der Waals surface area contributed by atoms with E-state index in [1.54, 1.807) is 0 Å². The van der Waals surface area contributed by atoms with E-state index in [0.717, 1.165) is 121 Å². The molecular weight excluding hydrogens is 1330 g/mol. The van der Waals surface area contributed by atoms with Crippen LogP contribution in [0.25, 0.3) is 0 Å². The minimum atomic E-state index is -4.97. The van der Waals surface area contributed by atoms with Crippen molar-refractivity contribution in [2.45, 2.75) is 426 Å². The Balaban J connectivity index is 5.25. The van der Waals surface area contributed by atoms with Gasteiger partial charge in [-0.15, -0.1) is 0 Å². The van der Waals surface area contributed by atoms with Gasteiger partial charge < -0.3 is 33.8 Å². The van der Waals surface area contributed by atoms with Gasteiger partial charge in [0.2, 0.25) is 0 Å². The first kappa shape index (κ1) is 99.5. The maximum atomic E-state index is 13.1. The van der Waals surface area contributed by atoms with Gasteiger partial charge in [0, 0.05) is 25.7 Å². The van der Waals surface area contributed by atoms with Gasteiger partial charge in [-0.25, -0.2) is 9.13 Å². The Bertz CT molecular complexity index is 2070. The molecule has 3 N–H and O–H groups in total. The number of carbonyl (C=O) groups excluding carboxylic acids is 4. The highest BCUT2D eigenvalue weighted by atomic mass is 31.2. The van der Waals surface area contributed by atoms with Gasteiger partial charge in [0.05, 0.1) is 26.4 Å². The third-order valence-corrected chi connectivity index (χ3v) is 21.0. The number of rotatable bonds is 79. The first-order chi connectivity index (χ1) is 49.3. The second kappa shape index (κ2) is 72.7. The van der Waals surface area contributed by atoms with Crippen LogP contribution in [0, 0.1) is 17.8 Å². The number of unbranched alkanes of at least 4 members (excludes halogenated alkanes) is 43. The number of aliphatic hydroxyl groups excluding tert-OH is 1. The van der Waals surface area contributed by atoms with Crippen LogP contribution in [-0.2, 0) is 65.4 Å². The lowest BCUT2D eigenvalue weighted by Gasteiger charge is -2.21. The second-order valence-corrected chi connectivity index (χ2v) is 33.3. The molecule has 0 saturated carbocycles. The summed E-state index contributed by atoms with van der Waals surface area (Å²) in [5.41, 5.74) is 0. The molecule has 0 saturated heterocycles. The van der Waals surface area contributed by atoms with Crippen molar-refractivity contribution in [2.75, 3.05) is 39.6 Å². The molecule has 6 atom stereocenters. The van der Waals surface area contributed by atoms with E-state index >= 15 is 0 Å². The monoisotopic (exact) mass is 1490 g/mol. The summed E-state index contributed by atoms with van der Waals surface area (Å²) in [6, 6.07) is 0. The number of phosphoric acid groups is 2. The lowest BCUT2D eigenvalue weighted by atomic mass is 9.99. The van der Waals surface area contributed by atoms with Crippen molar-refractivity contribution in [3.8, 4) is 0 Å². The molecule has 0 aliphatic heterocycles. The molecule has 0 rings (SSSR count). The number of hydrogen-bond donors (Lipinski definition) is 3. The summed E-state index contributed by atoms with van der Waals surface area (Å²) < 4.78 is 68.7. The molecule has 19 heteroatoms. The van der Waals surface area contributed by atoms with Crippen molar-refractivity contribution in [3.05, 3.63) is 24.3 Å². The minimum Gasteiger partial charge on any atom is -0.462 e. The van der Waals surface area contributed by atoms with Crippen LogP contribution < -0.4 is 0 Å². The van der Waals surface area contributed by atoms with Crippen LogP contribution in [0.3, 0.4) is 0 Å². The molecule has 4 unspecified atom stereocenters. The normalized spacial score (nSPS) is 14.4. The molecule has 0 fully saturated rings. The lowest BCUT2D eigenvalue weighted by Crippen LogP contribution is -2.30. The van der Waals surface area contributed by atoms with E-state index in [-0.39, 0.29) is 25.7 Å². The van der Waals surface area contributed by atoms with E-state index in [2.05, 4.69) is 72.8 Å². The topological polar surface area (TPSA) is 237 Å². The number of esters is 4. The zero-order valence-corrected chi connectivity index (χ0v) is 68.4. The summed E-state index contributed by atoms with van der Waals surface area (Å²) in [7, 11) is -9.94. The van der Waals surface area contributed by atoms with E-state index in [1.165, 1.54) is 199 Å². The molecule has 602 valence electrons. The van der Waals surface area contributed by atoms with Crippen molar-refractivity contribution in [3.63, 3.8) is 0 Å². The Morgan fingerprint density at radius 1 is 0.324 bits per heavy atom. The number of aliphatic hydroxyl groups is 1. The number of hydrogen-bond acceptors (Lipinski definition) is 15. The van der Waals surface area contributed by atoms with Crippen LogP contribution in [0.2, 0.25) is 0 Å². The van der Waals surface area contributed by atoms with Crippen molar-refractivity contribution in [2.24, 2.45) is 17.8 Å². The van der Waals surface area contributed by atoms with Gasteiger partial charge in [-0.2, -0.15) is 0 Å². The average Bonchev–Trinajstić information content (AvgIpc) is 0.935. The number of phosphoric ester groups is 2. The van der Waals surface area contributed by atoms with Crippen molar-refractivity contribution < 1.29 is 80.2 Å². The van der Waals surface area contributed by atoms with E-state index < -0.39 is 97.5 Å². The summed E-state index contributed by atoms with van der Waals surface area (Å²) >= 11 is 0. The Hall–Kier alpha value is -2.46. The maximum absolute atomic E-state index is 13.1. The highest BCUT2D eigenvalue weighted by molar-refractivity contribution is 7.47.